The molecule has 1 unspecified atom stereocenters. The Hall–Kier alpha value is -1.03. The van der Waals surface area contributed by atoms with Gasteiger partial charge in [-0.15, -0.1) is 0 Å². The van der Waals surface area contributed by atoms with Crippen LogP contribution < -0.4 is 10.6 Å². The molecule has 4 heteroatoms. The van der Waals surface area contributed by atoms with Crippen LogP contribution in [0.5, 0.6) is 0 Å². The first-order valence-corrected chi connectivity index (χ1v) is 6.25. The van der Waals surface area contributed by atoms with Crippen LogP contribution in [0, 0.1) is 0 Å². The van der Waals surface area contributed by atoms with E-state index in [0.29, 0.717) is 0 Å². The average molecular weight is 240 g/mol. The lowest BCUT2D eigenvalue weighted by molar-refractivity contribution is 0.0508. The highest BCUT2D eigenvalue weighted by Gasteiger charge is 2.18. The lowest BCUT2D eigenvalue weighted by atomic mass is 10.0. The van der Waals surface area contributed by atoms with Crippen LogP contribution in [0.3, 0.4) is 0 Å². The minimum Gasteiger partial charge on any atom is -0.444 e. The van der Waals surface area contributed by atoms with Crippen LogP contribution in [0.4, 0.5) is 4.79 Å². The highest BCUT2D eigenvalue weighted by Crippen LogP contribution is 2.10. The van der Waals surface area contributed by atoms with Gasteiger partial charge in [-0.2, -0.15) is 0 Å². The Bertz CT molecular complexity index is 292. The molecule has 0 spiro atoms. The molecule has 0 radical (unpaired) electrons. The molecular weight excluding hydrogens is 216 g/mol. The Kier molecular flexibility index (Phi) is 5.00. The number of nitrogens with one attached hydrogen (secondary N) is 2. The summed E-state index contributed by atoms with van der Waals surface area (Å²) >= 11 is 0. The van der Waals surface area contributed by atoms with E-state index >= 15 is 0 Å². The smallest absolute Gasteiger partial charge is 0.407 e. The van der Waals surface area contributed by atoms with Gasteiger partial charge in [0.25, 0.3) is 0 Å². The Labute approximate surface area is 104 Å². The average Bonchev–Trinajstić information content (AvgIpc) is 2.15. The fraction of sp³-hybridized carbons (Fsp3) is 0.769. The van der Waals surface area contributed by atoms with Crippen LogP contribution >= 0.6 is 0 Å². The van der Waals surface area contributed by atoms with Gasteiger partial charge in [-0.3, -0.25) is 0 Å². The number of hydrogen-bond acceptors (Lipinski definition) is 3. The van der Waals surface area contributed by atoms with Gasteiger partial charge in [-0.1, -0.05) is 11.6 Å². The zero-order valence-corrected chi connectivity index (χ0v) is 11.3. The van der Waals surface area contributed by atoms with E-state index < -0.39 is 5.60 Å². The maximum Gasteiger partial charge on any atom is 0.407 e. The first kappa shape index (κ1) is 14.0. The van der Waals surface area contributed by atoms with Crippen molar-refractivity contribution in [1.29, 1.82) is 0 Å². The number of rotatable bonds is 3. The second kappa shape index (κ2) is 6.05. The fourth-order valence-corrected chi connectivity index (χ4v) is 1.81. The number of amides is 1. The van der Waals surface area contributed by atoms with Crippen molar-refractivity contribution in [2.75, 3.05) is 13.1 Å². The highest BCUT2D eigenvalue weighted by molar-refractivity contribution is 5.68. The maximum atomic E-state index is 11.5. The van der Waals surface area contributed by atoms with Crippen LogP contribution in [0.25, 0.3) is 0 Å². The number of alkyl carbamates (subject to hydrolysis) is 1. The molecule has 0 saturated heterocycles. The van der Waals surface area contributed by atoms with Gasteiger partial charge in [0, 0.05) is 12.6 Å². The maximum absolute atomic E-state index is 11.5. The molecule has 0 saturated carbocycles. The third-order valence-corrected chi connectivity index (χ3v) is 2.44. The summed E-state index contributed by atoms with van der Waals surface area (Å²) in [6.07, 6.45) is 3.87. The molecule has 0 aromatic heterocycles. The van der Waals surface area contributed by atoms with Gasteiger partial charge in [0.15, 0.2) is 0 Å². The molecule has 98 valence electrons. The number of ether oxygens (including phenoxy) is 1. The SMILES string of the molecule is CC(CC1=CCCNC1)NC(=O)OC(C)(C)C. The lowest BCUT2D eigenvalue weighted by Gasteiger charge is -2.23. The summed E-state index contributed by atoms with van der Waals surface area (Å²) in [5, 5.41) is 6.17. The van der Waals surface area contributed by atoms with Crippen molar-refractivity contribution in [2.45, 2.75) is 52.2 Å². The molecule has 4 nitrogen and oxygen atoms in total. The standard InChI is InChI=1S/C13H24N2O2/c1-10(8-11-6-5-7-14-9-11)15-12(16)17-13(2,3)4/h6,10,14H,5,7-9H2,1-4H3,(H,15,16). The number of carbonyl (C=O) groups is 1. The molecule has 1 amide bonds. The topological polar surface area (TPSA) is 50.4 Å². The van der Waals surface area contributed by atoms with Crippen LogP contribution in [0.1, 0.15) is 40.5 Å². The summed E-state index contributed by atoms with van der Waals surface area (Å²) in [5.74, 6) is 0. The first-order valence-electron chi connectivity index (χ1n) is 6.25. The van der Waals surface area contributed by atoms with E-state index in [2.05, 4.69) is 16.7 Å². The third kappa shape index (κ3) is 6.31. The van der Waals surface area contributed by atoms with Gasteiger partial charge < -0.3 is 15.4 Å². The zero-order chi connectivity index (χ0) is 12.9. The normalized spacial score (nSPS) is 18.2. The van der Waals surface area contributed by atoms with Gasteiger partial charge >= 0.3 is 6.09 Å². The Morgan fingerprint density at radius 2 is 2.29 bits per heavy atom. The fourth-order valence-electron chi connectivity index (χ4n) is 1.81. The van der Waals surface area contributed by atoms with E-state index in [1.54, 1.807) is 0 Å². The molecule has 0 fully saturated rings. The molecule has 1 heterocycles. The molecule has 0 aromatic rings. The summed E-state index contributed by atoms with van der Waals surface area (Å²) in [5.41, 5.74) is 0.926. The van der Waals surface area contributed by atoms with Crippen molar-refractivity contribution in [2.24, 2.45) is 0 Å². The van der Waals surface area contributed by atoms with Crippen molar-refractivity contribution >= 4 is 6.09 Å². The summed E-state index contributed by atoms with van der Waals surface area (Å²) in [4.78, 5) is 11.5. The zero-order valence-electron chi connectivity index (χ0n) is 11.3. The van der Waals surface area contributed by atoms with Gasteiger partial charge in [-0.25, -0.2) is 4.79 Å². The molecule has 1 aliphatic heterocycles. The van der Waals surface area contributed by atoms with Gasteiger partial charge in [0.2, 0.25) is 0 Å². The number of carbonyl (C=O) groups excluding carboxylic acids is 1. The second-order valence-electron chi connectivity index (χ2n) is 5.58. The molecule has 2 N–H and O–H groups in total. The van der Waals surface area contributed by atoms with E-state index in [-0.39, 0.29) is 12.1 Å². The quantitative estimate of drug-likeness (QED) is 0.744. The summed E-state index contributed by atoms with van der Waals surface area (Å²) in [6.45, 7) is 9.58. The predicted octanol–water partition coefficient (Wildman–Crippen LogP) is 2.21. The first-order chi connectivity index (χ1) is 7.87. The molecular formula is C13H24N2O2. The Balaban J connectivity index is 2.31. The van der Waals surface area contributed by atoms with E-state index in [9.17, 15) is 4.79 Å². The van der Waals surface area contributed by atoms with Crippen molar-refractivity contribution in [3.05, 3.63) is 11.6 Å². The molecule has 0 aromatic carbocycles. The second-order valence-corrected chi connectivity index (χ2v) is 5.58. The third-order valence-electron chi connectivity index (χ3n) is 2.44. The van der Waals surface area contributed by atoms with E-state index in [1.807, 2.05) is 27.7 Å². The predicted molar refractivity (Wildman–Crippen MR) is 69.0 cm³/mol. The van der Waals surface area contributed by atoms with Gasteiger partial charge in [0.05, 0.1) is 0 Å². The molecule has 1 rings (SSSR count). The monoisotopic (exact) mass is 240 g/mol. The largest absolute Gasteiger partial charge is 0.444 e. The molecule has 1 atom stereocenters. The van der Waals surface area contributed by atoms with Gasteiger partial charge in [0.1, 0.15) is 5.60 Å². The summed E-state index contributed by atoms with van der Waals surface area (Å²) < 4.78 is 5.21. The Morgan fingerprint density at radius 3 is 2.82 bits per heavy atom. The molecule has 17 heavy (non-hydrogen) atoms. The molecule has 0 bridgehead atoms. The van der Waals surface area contributed by atoms with E-state index in [1.165, 1.54) is 5.57 Å². The van der Waals surface area contributed by atoms with Crippen molar-refractivity contribution in [1.82, 2.24) is 10.6 Å². The van der Waals surface area contributed by atoms with Gasteiger partial charge in [-0.05, 0) is 47.1 Å². The highest BCUT2D eigenvalue weighted by atomic mass is 16.6. The van der Waals surface area contributed by atoms with E-state index in [4.69, 9.17) is 4.74 Å². The number of hydrogen-bond donors (Lipinski definition) is 2. The van der Waals surface area contributed by atoms with E-state index in [0.717, 1.165) is 25.9 Å². The summed E-state index contributed by atoms with van der Waals surface area (Å²) in [6, 6.07) is 0.107. The van der Waals surface area contributed by atoms with Crippen molar-refractivity contribution < 1.29 is 9.53 Å². The lowest BCUT2D eigenvalue weighted by Crippen LogP contribution is -2.38. The van der Waals surface area contributed by atoms with Crippen LogP contribution in [0.2, 0.25) is 0 Å². The van der Waals surface area contributed by atoms with Crippen molar-refractivity contribution in [3.8, 4) is 0 Å². The summed E-state index contributed by atoms with van der Waals surface area (Å²) in [7, 11) is 0. The molecule has 0 aliphatic carbocycles. The van der Waals surface area contributed by atoms with Crippen LogP contribution in [0.15, 0.2) is 11.6 Å². The van der Waals surface area contributed by atoms with Crippen molar-refractivity contribution in [3.63, 3.8) is 0 Å². The minimum absolute atomic E-state index is 0.107. The van der Waals surface area contributed by atoms with Crippen LogP contribution in [-0.2, 0) is 4.74 Å². The van der Waals surface area contributed by atoms with Crippen LogP contribution in [-0.4, -0.2) is 30.8 Å². The minimum atomic E-state index is -0.435. The molecule has 1 aliphatic rings. The Morgan fingerprint density at radius 1 is 1.59 bits per heavy atom.